The van der Waals surface area contributed by atoms with E-state index in [9.17, 15) is 4.79 Å². The number of rotatable bonds is 3. The van der Waals surface area contributed by atoms with Gasteiger partial charge in [0.05, 0.1) is 12.8 Å². The van der Waals surface area contributed by atoms with Crippen molar-refractivity contribution in [2.75, 3.05) is 7.11 Å². The Morgan fingerprint density at radius 1 is 1.32 bits per heavy atom. The molecule has 1 aliphatic rings. The average molecular weight is 333 g/mol. The number of carbonyl (C=O) groups is 1. The summed E-state index contributed by atoms with van der Waals surface area (Å²) in [6.45, 7) is 0. The first-order chi connectivity index (χ1) is 12.2. The second kappa shape index (κ2) is 6.89. The third-order valence-electron chi connectivity index (χ3n) is 3.89. The Kier molecular flexibility index (Phi) is 4.48. The molecule has 2 aromatic rings. The summed E-state index contributed by atoms with van der Waals surface area (Å²) in [7, 11) is 1.58. The summed E-state index contributed by atoms with van der Waals surface area (Å²) in [6, 6.07) is 15.2. The standard InChI is InChI=1S/C19H15N3O3/c1-25-16-8-7-14(12-5-3-2-4-6-12)18-15(16)9-17(21-18)22-19(24)13(10-20)11-23/h2-8,11,23H,9H2,1H3,(H,21,22,24)/b13-11-. The molecule has 124 valence electrons. The minimum absolute atomic E-state index is 0.370. The van der Waals surface area contributed by atoms with Gasteiger partial charge in [0.1, 0.15) is 23.9 Å². The number of amides is 1. The maximum atomic E-state index is 11.9. The summed E-state index contributed by atoms with van der Waals surface area (Å²) >= 11 is 0. The van der Waals surface area contributed by atoms with Crippen molar-refractivity contribution in [1.29, 1.82) is 5.26 Å². The lowest BCUT2D eigenvalue weighted by Gasteiger charge is -2.10. The first-order valence-corrected chi connectivity index (χ1v) is 7.56. The van der Waals surface area contributed by atoms with E-state index in [-0.39, 0.29) is 5.57 Å². The Hall–Kier alpha value is -3.59. The molecular weight excluding hydrogens is 318 g/mol. The van der Waals surface area contributed by atoms with E-state index >= 15 is 0 Å². The number of aliphatic imine (C=N–C) groups is 1. The number of fused-ring (bicyclic) bond motifs is 1. The molecule has 0 bridgehead atoms. The molecule has 2 N–H and O–H groups in total. The highest BCUT2D eigenvalue weighted by Crippen LogP contribution is 2.41. The predicted molar refractivity (Wildman–Crippen MR) is 93.7 cm³/mol. The van der Waals surface area contributed by atoms with Crippen LogP contribution >= 0.6 is 0 Å². The minimum Gasteiger partial charge on any atom is -0.514 e. The third kappa shape index (κ3) is 3.08. The van der Waals surface area contributed by atoms with Gasteiger partial charge in [0, 0.05) is 17.5 Å². The number of nitriles is 1. The average Bonchev–Trinajstić information content (AvgIpc) is 3.06. The SMILES string of the molecule is COc1ccc(-c2ccccc2)c2c1CC(NC(=O)/C(C#N)=C\O)=N2. The summed E-state index contributed by atoms with van der Waals surface area (Å²) in [5, 5.41) is 20.3. The van der Waals surface area contributed by atoms with Gasteiger partial charge in [0.15, 0.2) is 5.57 Å². The van der Waals surface area contributed by atoms with E-state index in [0.717, 1.165) is 22.4 Å². The van der Waals surface area contributed by atoms with Crippen LogP contribution in [0.1, 0.15) is 5.56 Å². The van der Waals surface area contributed by atoms with Crippen molar-refractivity contribution in [3.63, 3.8) is 0 Å². The summed E-state index contributed by atoms with van der Waals surface area (Å²) in [5.41, 5.74) is 3.15. The molecule has 3 rings (SSSR count). The second-order valence-corrected chi connectivity index (χ2v) is 5.35. The quantitative estimate of drug-likeness (QED) is 0.513. The molecule has 1 aliphatic heterocycles. The van der Waals surface area contributed by atoms with Gasteiger partial charge in [-0.15, -0.1) is 0 Å². The Morgan fingerprint density at radius 2 is 2.08 bits per heavy atom. The number of hydrogen-bond donors (Lipinski definition) is 2. The maximum absolute atomic E-state index is 11.9. The first-order valence-electron chi connectivity index (χ1n) is 7.56. The lowest BCUT2D eigenvalue weighted by Crippen LogP contribution is -2.31. The molecule has 2 aromatic carbocycles. The molecular formula is C19H15N3O3. The number of nitrogens with zero attached hydrogens (tertiary/aromatic N) is 2. The molecule has 0 atom stereocenters. The molecule has 1 heterocycles. The monoisotopic (exact) mass is 333 g/mol. The van der Waals surface area contributed by atoms with E-state index in [0.29, 0.717) is 24.3 Å². The second-order valence-electron chi connectivity index (χ2n) is 5.35. The normalized spacial score (nSPS) is 12.8. The van der Waals surface area contributed by atoms with E-state index in [2.05, 4.69) is 10.3 Å². The Bertz CT molecular complexity index is 925. The van der Waals surface area contributed by atoms with Crippen LogP contribution in [-0.2, 0) is 11.2 Å². The van der Waals surface area contributed by atoms with E-state index in [1.54, 1.807) is 13.2 Å². The van der Waals surface area contributed by atoms with E-state index in [1.165, 1.54) is 0 Å². The number of aliphatic hydroxyl groups is 1. The zero-order valence-corrected chi connectivity index (χ0v) is 13.5. The number of ether oxygens (including phenoxy) is 1. The number of hydrogen-bond acceptors (Lipinski definition) is 5. The Morgan fingerprint density at radius 3 is 2.72 bits per heavy atom. The summed E-state index contributed by atoms with van der Waals surface area (Å²) in [4.78, 5) is 16.5. The first kappa shape index (κ1) is 16.3. The molecule has 0 unspecified atom stereocenters. The summed E-state index contributed by atoms with van der Waals surface area (Å²) < 4.78 is 5.40. The van der Waals surface area contributed by atoms with Crippen molar-refractivity contribution >= 4 is 17.4 Å². The number of benzene rings is 2. The number of nitrogens with one attached hydrogen (secondary N) is 1. The summed E-state index contributed by atoms with van der Waals surface area (Å²) in [5.74, 6) is 0.383. The highest BCUT2D eigenvalue weighted by Gasteiger charge is 2.24. The van der Waals surface area contributed by atoms with Gasteiger partial charge in [0.25, 0.3) is 5.91 Å². The van der Waals surface area contributed by atoms with Crippen LogP contribution < -0.4 is 10.1 Å². The zero-order chi connectivity index (χ0) is 17.8. The summed E-state index contributed by atoms with van der Waals surface area (Å²) in [6.07, 6.45) is 0.850. The van der Waals surface area contributed by atoms with Gasteiger partial charge in [-0.05, 0) is 17.7 Å². The molecule has 25 heavy (non-hydrogen) atoms. The Labute approximate surface area is 144 Å². The number of aliphatic hydroxyl groups excluding tert-OH is 1. The van der Waals surface area contributed by atoms with Gasteiger partial charge in [-0.1, -0.05) is 30.3 Å². The van der Waals surface area contributed by atoms with E-state index in [4.69, 9.17) is 15.1 Å². The van der Waals surface area contributed by atoms with E-state index in [1.807, 2.05) is 42.5 Å². The lowest BCUT2D eigenvalue weighted by atomic mass is 9.99. The van der Waals surface area contributed by atoms with Crippen LogP contribution in [0.4, 0.5) is 5.69 Å². The van der Waals surface area contributed by atoms with Crippen molar-refractivity contribution in [2.45, 2.75) is 6.42 Å². The molecule has 0 fully saturated rings. The van der Waals surface area contributed by atoms with Crippen LogP contribution in [0.5, 0.6) is 5.75 Å². The molecule has 0 saturated heterocycles. The molecule has 0 radical (unpaired) electrons. The fourth-order valence-electron chi connectivity index (χ4n) is 2.71. The van der Waals surface area contributed by atoms with Crippen LogP contribution in [0.25, 0.3) is 11.1 Å². The van der Waals surface area contributed by atoms with Crippen LogP contribution in [-0.4, -0.2) is 24.0 Å². The molecule has 6 nitrogen and oxygen atoms in total. The highest BCUT2D eigenvalue weighted by molar-refractivity contribution is 6.11. The molecule has 1 amide bonds. The van der Waals surface area contributed by atoms with Gasteiger partial charge in [-0.25, -0.2) is 4.99 Å². The van der Waals surface area contributed by atoms with Crippen LogP contribution in [0.2, 0.25) is 0 Å². The molecule has 0 saturated carbocycles. The van der Waals surface area contributed by atoms with Crippen LogP contribution in [0, 0.1) is 11.3 Å². The smallest absolute Gasteiger partial charge is 0.270 e. The Balaban J connectivity index is 1.99. The van der Waals surface area contributed by atoms with Crippen LogP contribution in [0.15, 0.2) is 59.3 Å². The van der Waals surface area contributed by atoms with Crippen molar-refractivity contribution in [3.8, 4) is 22.9 Å². The van der Waals surface area contributed by atoms with Gasteiger partial charge in [-0.2, -0.15) is 5.26 Å². The topological polar surface area (TPSA) is 94.7 Å². The largest absolute Gasteiger partial charge is 0.514 e. The van der Waals surface area contributed by atoms with Gasteiger partial charge < -0.3 is 15.2 Å². The molecule has 0 spiro atoms. The van der Waals surface area contributed by atoms with E-state index < -0.39 is 5.91 Å². The minimum atomic E-state index is -0.697. The van der Waals surface area contributed by atoms with Crippen molar-refractivity contribution < 1.29 is 14.6 Å². The molecule has 0 aliphatic carbocycles. The molecule has 6 heteroatoms. The number of methoxy groups -OCH3 is 1. The van der Waals surface area contributed by atoms with Gasteiger partial charge in [0.2, 0.25) is 0 Å². The number of carbonyl (C=O) groups excluding carboxylic acids is 1. The predicted octanol–water partition coefficient (Wildman–Crippen LogP) is 3.03. The van der Waals surface area contributed by atoms with Crippen molar-refractivity contribution in [1.82, 2.24) is 5.32 Å². The van der Waals surface area contributed by atoms with Crippen molar-refractivity contribution in [2.24, 2.45) is 4.99 Å². The highest BCUT2D eigenvalue weighted by atomic mass is 16.5. The fourth-order valence-corrected chi connectivity index (χ4v) is 2.71. The molecule has 0 aromatic heterocycles. The zero-order valence-electron chi connectivity index (χ0n) is 13.5. The fraction of sp³-hybridized carbons (Fsp3) is 0.105. The van der Waals surface area contributed by atoms with Crippen molar-refractivity contribution in [3.05, 3.63) is 59.9 Å². The van der Waals surface area contributed by atoms with Gasteiger partial charge in [-0.3, -0.25) is 4.79 Å². The number of amidine groups is 1. The van der Waals surface area contributed by atoms with Gasteiger partial charge >= 0.3 is 0 Å². The third-order valence-corrected chi connectivity index (χ3v) is 3.89. The van der Waals surface area contributed by atoms with Crippen LogP contribution in [0.3, 0.4) is 0 Å². The maximum Gasteiger partial charge on any atom is 0.270 e. The lowest BCUT2D eigenvalue weighted by molar-refractivity contribution is -0.115.